The Bertz CT molecular complexity index is 188. The second kappa shape index (κ2) is 3.17. The molecule has 13 heavy (non-hydrogen) atoms. The average molecular weight is 191 g/mol. The Balaban J connectivity index is 1.79. The third-order valence-electron chi connectivity index (χ3n) is 3.12. The molecule has 2 unspecified atom stereocenters. The third-order valence-corrected chi connectivity index (χ3v) is 3.12. The standard InChI is InChI=1S/C9H15F2NO/c10-9(11)1-3-12(4-2-9)8-5-7(8)6-13/h7-8,13H,1-6H2. The summed E-state index contributed by atoms with van der Waals surface area (Å²) in [6, 6.07) is 0.390. The number of nitrogens with zero attached hydrogens (tertiary/aromatic N) is 1. The van der Waals surface area contributed by atoms with Gasteiger partial charge in [0.05, 0.1) is 0 Å². The topological polar surface area (TPSA) is 23.5 Å². The molecule has 0 aromatic rings. The van der Waals surface area contributed by atoms with Crippen LogP contribution in [0.4, 0.5) is 8.78 Å². The molecule has 2 nitrogen and oxygen atoms in total. The van der Waals surface area contributed by atoms with Crippen molar-refractivity contribution in [2.45, 2.75) is 31.2 Å². The fourth-order valence-corrected chi connectivity index (χ4v) is 2.06. The van der Waals surface area contributed by atoms with Gasteiger partial charge in [0.25, 0.3) is 5.92 Å². The Kier molecular flexibility index (Phi) is 2.28. The second-order valence-corrected chi connectivity index (χ2v) is 4.14. The van der Waals surface area contributed by atoms with Crippen molar-refractivity contribution in [1.29, 1.82) is 0 Å². The van der Waals surface area contributed by atoms with Gasteiger partial charge in [0.2, 0.25) is 0 Å². The molecule has 2 aliphatic rings. The number of aliphatic hydroxyl groups is 1. The van der Waals surface area contributed by atoms with E-state index in [1.807, 2.05) is 0 Å². The highest BCUT2D eigenvalue weighted by molar-refractivity contribution is 4.96. The Labute approximate surface area is 76.5 Å². The van der Waals surface area contributed by atoms with Gasteiger partial charge in [-0.2, -0.15) is 0 Å². The Morgan fingerprint density at radius 3 is 2.38 bits per heavy atom. The summed E-state index contributed by atoms with van der Waals surface area (Å²) >= 11 is 0. The zero-order chi connectivity index (χ0) is 9.47. The van der Waals surface area contributed by atoms with Gasteiger partial charge >= 0.3 is 0 Å². The summed E-state index contributed by atoms with van der Waals surface area (Å²) in [4.78, 5) is 2.10. The molecule has 1 aliphatic carbocycles. The molecule has 1 saturated heterocycles. The number of piperidine rings is 1. The number of likely N-dealkylation sites (tertiary alicyclic amines) is 1. The molecule has 4 heteroatoms. The zero-order valence-electron chi connectivity index (χ0n) is 7.55. The van der Waals surface area contributed by atoms with Crippen molar-refractivity contribution in [3.8, 4) is 0 Å². The molecule has 2 atom stereocenters. The Hall–Kier alpha value is -0.220. The molecular formula is C9H15F2NO. The Morgan fingerprint density at radius 2 is 1.92 bits per heavy atom. The number of hydrogen-bond acceptors (Lipinski definition) is 2. The van der Waals surface area contributed by atoms with E-state index in [0.29, 0.717) is 25.0 Å². The van der Waals surface area contributed by atoms with Crippen LogP contribution in [0, 0.1) is 5.92 Å². The molecule has 0 amide bonds. The van der Waals surface area contributed by atoms with Crippen molar-refractivity contribution in [3.63, 3.8) is 0 Å². The van der Waals surface area contributed by atoms with E-state index in [-0.39, 0.29) is 19.4 Å². The number of halogens is 2. The molecule has 0 radical (unpaired) electrons. The van der Waals surface area contributed by atoms with Crippen LogP contribution in [0.5, 0.6) is 0 Å². The number of aliphatic hydroxyl groups excluding tert-OH is 1. The maximum Gasteiger partial charge on any atom is 0.250 e. The second-order valence-electron chi connectivity index (χ2n) is 4.14. The maximum atomic E-state index is 12.8. The monoisotopic (exact) mass is 191 g/mol. The minimum absolute atomic E-state index is 0.0123. The van der Waals surface area contributed by atoms with Crippen LogP contribution < -0.4 is 0 Å². The molecule has 1 heterocycles. The third kappa shape index (κ3) is 1.99. The SMILES string of the molecule is OCC1CC1N1CCC(F)(F)CC1. The summed E-state index contributed by atoms with van der Waals surface area (Å²) in [5.74, 6) is -2.09. The van der Waals surface area contributed by atoms with Gasteiger partial charge in [-0.3, -0.25) is 4.90 Å². The average Bonchev–Trinajstić information content (AvgIpc) is 2.83. The van der Waals surface area contributed by atoms with E-state index in [4.69, 9.17) is 5.11 Å². The molecule has 2 fully saturated rings. The normalized spacial score (nSPS) is 39.0. The van der Waals surface area contributed by atoms with Gasteiger partial charge in [0, 0.05) is 38.6 Å². The zero-order valence-corrected chi connectivity index (χ0v) is 7.55. The number of hydrogen-bond donors (Lipinski definition) is 1. The Morgan fingerprint density at radius 1 is 1.31 bits per heavy atom. The van der Waals surface area contributed by atoms with E-state index >= 15 is 0 Å². The van der Waals surface area contributed by atoms with Gasteiger partial charge < -0.3 is 5.11 Å². The number of alkyl halides is 2. The van der Waals surface area contributed by atoms with Crippen molar-refractivity contribution in [2.75, 3.05) is 19.7 Å². The van der Waals surface area contributed by atoms with Gasteiger partial charge in [-0.05, 0) is 12.3 Å². The highest BCUT2D eigenvalue weighted by Crippen LogP contribution is 2.39. The van der Waals surface area contributed by atoms with E-state index < -0.39 is 5.92 Å². The smallest absolute Gasteiger partial charge is 0.250 e. The lowest BCUT2D eigenvalue weighted by atomic mass is 10.1. The molecule has 0 aromatic carbocycles. The highest BCUT2D eigenvalue weighted by atomic mass is 19.3. The summed E-state index contributed by atoms with van der Waals surface area (Å²) in [7, 11) is 0. The van der Waals surface area contributed by atoms with Gasteiger partial charge in [0.15, 0.2) is 0 Å². The van der Waals surface area contributed by atoms with E-state index in [1.54, 1.807) is 0 Å². The summed E-state index contributed by atoms with van der Waals surface area (Å²) in [6.07, 6.45) is 0.964. The molecule has 0 spiro atoms. The summed E-state index contributed by atoms with van der Waals surface area (Å²) in [5.41, 5.74) is 0. The predicted octanol–water partition coefficient (Wildman–Crippen LogP) is 1.10. The highest BCUT2D eigenvalue weighted by Gasteiger charge is 2.44. The van der Waals surface area contributed by atoms with Crippen molar-refractivity contribution in [2.24, 2.45) is 5.92 Å². The van der Waals surface area contributed by atoms with Gasteiger partial charge in [-0.15, -0.1) is 0 Å². The van der Waals surface area contributed by atoms with Gasteiger partial charge in [-0.25, -0.2) is 8.78 Å². The van der Waals surface area contributed by atoms with E-state index in [2.05, 4.69) is 4.90 Å². The van der Waals surface area contributed by atoms with Crippen LogP contribution in [0.25, 0.3) is 0 Å². The first-order valence-electron chi connectivity index (χ1n) is 4.85. The summed E-state index contributed by atoms with van der Waals surface area (Å²) in [5, 5.41) is 8.83. The fourth-order valence-electron chi connectivity index (χ4n) is 2.06. The van der Waals surface area contributed by atoms with Crippen molar-refractivity contribution in [1.82, 2.24) is 4.90 Å². The summed E-state index contributed by atoms with van der Waals surface area (Å²) in [6.45, 7) is 1.19. The van der Waals surface area contributed by atoms with Crippen LogP contribution in [0.15, 0.2) is 0 Å². The van der Waals surface area contributed by atoms with E-state index in [9.17, 15) is 8.78 Å². The van der Waals surface area contributed by atoms with Crippen molar-refractivity contribution < 1.29 is 13.9 Å². The molecule has 0 bridgehead atoms. The molecule has 0 aromatic heterocycles. The van der Waals surface area contributed by atoms with Crippen LogP contribution in [0.2, 0.25) is 0 Å². The predicted molar refractivity (Wildman–Crippen MR) is 44.7 cm³/mol. The van der Waals surface area contributed by atoms with Crippen LogP contribution in [0.3, 0.4) is 0 Å². The first-order chi connectivity index (χ1) is 6.12. The van der Waals surface area contributed by atoms with Crippen LogP contribution >= 0.6 is 0 Å². The largest absolute Gasteiger partial charge is 0.396 e. The molecule has 1 saturated carbocycles. The summed E-state index contributed by atoms with van der Waals surface area (Å²) < 4.78 is 25.5. The molecule has 1 aliphatic heterocycles. The number of rotatable bonds is 2. The lowest BCUT2D eigenvalue weighted by Crippen LogP contribution is -2.41. The maximum absolute atomic E-state index is 12.8. The molecule has 1 N–H and O–H groups in total. The van der Waals surface area contributed by atoms with Crippen LogP contribution in [0.1, 0.15) is 19.3 Å². The minimum atomic E-state index is -2.44. The molecule has 2 rings (SSSR count). The van der Waals surface area contributed by atoms with Gasteiger partial charge in [0.1, 0.15) is 0 Å². The lowest BCUT2D eigenvalue weighted by Gasteiger charge is -2.32. The minimum Gasteiger partial charge on any atom is -0.396 e. The van der Waals surface area contributed by atoms with Gasteiger partial charge in [-0.1, -0.05) is 0 Å². The molecular weight excluding hydrogens is 176 g/mol. The fraction of sp³-hybridized carbons (Fsp3) is 1.00. The van der Waals surface area contributed by atoms with Crippen molar-refractivity contribution in [3.05, 3.63) is 0 Å². The van der Waals surface area contributed by atoms with E-state index in [0.717, 1.165) is 6.42 Å². The first-order valence-corrected chi connectivity index (χ1v) is 4.85. The molecule has 76 valence electrons. The quantitative estimate of drug-likeness (QED) is 0.706. The van der Waals surface area contributed by atoms with Crippen molar-refractivity contribution >= 4 is 0 Å². The van der Waals surface area contributed by atoms with Crippen LogP contribution in [-0.2, 0) is 0 Å². The first kappa shape index (κ1) is 9.34. The van der Waals surface area contributed by atoms with E-state index in [1.165, 1.54) is 0 Å². The lowest BCUT2D eigenvalue weighted by molar-refractivity contribution is -0.0577. The van der Waals surface area contributed by atoms with Crippen LogP contribution in [-0.4, -0.2) is 41.7 Å².